The fraction of sp³-hybridized carbons (Fsp3) is 0.656. The Morgan fingerprint density at radius 1 is 0.313 bits per heavy atom. The van der Waals surface area contributed by atoms with Gasteiger partial charge in [0.05, 0.1) is 0 Å². The van der Waals surface area contributed by atoms with Gasteiger partial charge in [0.2, 0.25) is 0 Å². The molecule has 0 bridgehead atoms. The standard InChI is InChI=1S/C61H100O6/c1-4-7-10-13-16-19-22-25-28-30-33-36-39-42-45-48-51-54-60(63)66-57-58(56-65-59(62)53-50-47-44-41-38-35-32-27-24-21-18-15-12-9-6-3)67-61(64)55-52-49-46-43-40-37-34-31-29-26-23-20-17-14-11-8-5-2/h7,9-10,12,16,18-19,21,25-29,32-33,36,38,41,58H,4-6,8,11,13-15,17,20,22-24,30-31,34-35,37,39-40,42-57H2,1-3H3/b10-7-,12-9-,19-16-,21-18-,28-25-,29-26-,32-27-,36-33-,41-38-/t58-/m0/s1. The molecule has 6 heteroatoms. The van der Waals surface area contributed by atoms with Crippen molar-refractivity contribution in [1.82, 2.24) is 0 Å². The summed E-state index contributed by atoms with van der Waals surface area (Å²) in [6, 6.07) is 0. The van der Waals surface area contributed by atoms with Gasteiger partial charge in [0.15, 0.2) is 6.10 Å². The van der Waals surface area contributed by atoms with Crippen LogP contribution in [0.1, 0.15) is 239 Å². The fourth-order valence-electron chi connectivity index (χ4n) is 7.18. The molecule has 0 aliphatic rings. The van der Waals surface area contributed by atoms with Crippen LogP contribution in [-0.2, 0) is 28.6 Å². The molecular weight excluding hydrogens is 829 g/mol. The van der Waals surface area contributed by atoms with Crippen molar-refractivity contribution >= 4 is 17.9 Å². The first kappa shape index (κ1) is 63.1. The van der Waals surface area contributed by atoms with Crippen molar-refractivity contribution in [3.63, 3.8) is 0 Å². The minimum absolute atomic E-state index is 0.107. The average Bonchev–Trinajstić information content (AvgIpc) is 3.33. The van der Waals surface area contributed by atoms with E-state index in [-0.39, 0.29) is 31.1 Å². The zero-order chi connectivity index (χ0) is 48.6. The smallest absolute Gasteiger partial charge is 0.306 e. The molecule has 0 rings (SSSR count). The van der Waals surface area contributed by atoms with Gasteiger partial charge < -0.3 is 14.2 Å². The third-order valence-corrected chi connectivity index (χ3v) is 11.2. The summed E-state index contributed by atoms with van der Waals surface area (Å²) in [5, 5.41) is 0. The van der Waals surface area contributed by atoms with Gasteiger partial charge in [-0.05, 0) is 122 Å². The van der Waals surface area contributed by atoms with E-state index in [1.165, 1.54) is 77.0 Å². The highest BCUT2D eigenvalue weighted by atomic mass is 16.6. The van der Waals surface area contributed by atoms with Gasteiger partial charge in [-0.15, -0.1) is 0 Å². The van der Waals surface area contributed by atoms with Crippen molar-refractivity contribution in [3.8, 4) is 0 Å². The summed E-state index contributed by atoms with van der Waals surface area (Å²) in [7, 11) is 0. The number of hydrogen-bond donors (Lipinski definition) is 0. The van der Waals surface area contributed by atoms with Crippen molar-refractivity contribution in [2.24, 2.45) is 0 Å². The van der Waals surface area contributed by atoms with E-state index in [0.717, 1.165) is 122 Å². The monoisotopic (exact) mass is 929 g/mol. The highest BCUT2D eigenvalue weighted by Gasteiger charge is 2.19. The van der Waals surface area contributed by atoms with E-state index in [9.17, 15) is 14.4 Å². The Morgan fingerprint density at radius 2 is 0.582 bits per heavy atom. The fourth-order valence-corrected chi connectivity index (χ4v) is 7.18. The molecule has 0 aromatic rings. The number of allylic oxidation sites excluding steroid dienone is 18. The average molecular weight is 929 g/mol. The quantitative estimate of drug-likeness (QED) is 0.0262. The molecule has 0 saturated heterocycles. The van der Waals surface area contributed by atoms with Gasteiger partial charge in [-0.1, -0.05) is 207 Å². The topological polar surface area (TPSA) is 78.9 Å². The van der Waals surface area contributed by atoms with Gasteiger partial charge in [-0.2, -0.15) is 0 Å². The Kier molecular flexibility index (Phi) is 51.5. The molecule has 0 aromatic carbocycles. The van der Waals surface area contributed by atoms with E-state index in [0.29, 0.717) is 19.3 Å². The zero-order valence-electron chi connectivity index (χ0n) is 43.4. The Bertz CT molecular complexity index is 1390. The second-order valence-corrected chi connectivity index (χ2v) is 17.7. The molecule has 67 heavy (non-hydrogen) atoms. The number of unbranched alkanes of at least 4 members (excludes halogenated alkanes) is 19. The van der Waals surface area contributed by atoms with Crippen LogP contribution in [0, 0.1) is 0 Å². The maximum atomic E-state index is 12.8. The summed E-state index contributed by atoms with van der Waals surface area (Å²) >= 11 is 0. The molecule has 0 aliphatic heterocycles. The normalized spacial score (nSPS) is 12.9. The van der Waals surface area contributed by atoms with Gasteiger partial charge in [0, 0.05) is 19.3 Å². The highest BCUT2D eigenvalue weighted by Crippen LogP contribution is 2.14. The summed E-state index contributed by atoms with van der Waals surface area (Å²) in [6.07, 6.45) is 73.6. The molecule has 0 N–H and O–H groups in total. The van der Waals surface area contributed by atoms with Crippen molar-refractivity contribution in [1.29, 1.82) is 0 Å². The van der Waals surface area contributed by atoms with Crippen molar-refractivity contribution < 1.29 is 28.6 Å². The lowest BCUT2D eigenvalue weighted by atomic mass is 10.1. The number of carbonyl (C=O) groups excluding carboxylic acids is 3. The largest absolute Gasteiger partial charge is 0.462 e. The number of ether oxygens (including phenoxy) is 3. The maximum Gasteiger partial charge on any atom is 0.306 e. The van der Waals surface area contributed by atoms with E-state index in [4.69, 9.17) is 14.2 Å². The highest BCUT2D eigenvalue weighted by molar-refractivity contribution is 5.71. The molecule has 0 radical (unpaired) electrons. The van der Waals surface area contributed by atoms with Crippen LogP contribution in [0.5, 0.6) is 0 Å². The van der Waals surface area contributed by atoms with Crippen LogP contribution < -0.4 is 0 Å². The number of carbonyl (C=O) groups is 3. The first-order chi connectivity index (χ1) is 33.0. The molecule has 6 nitrogen and oxygen atoms in total. The van der Waals surface area contributed by atoms with E-state index in [1.54, 1.807) is 0 Å². The third-order valence-electron chi connectivity index (χ3n) is 11.2. The molecule has 0 amide bonds. The predicted molar refractivity (Wildman–Crippen MR) is 288 cm³/mol. The summed E-state index contributed by atoms with van der Waals surface area (Å²) in [4.78, 5) is 38.1. The molecule has 0 aromatic heterocycles. The van der Waals surface area contributed by atoms with Crippen LogP contribution in [0.25, 0.3) is 0 Å². The molecule has 0 unspecified atom stereocenters. The van der Waals surface area contributed by atoms with Gasteiger partial charge in [-0.3, -0.25) is 14.4 Å². The third kappa shape index (κ3) is 52.9. The molecule has 1 atom stereocenters. The van der Waals surface area contributed by atoms with E-state index < -0.39 is 6.10 Å². The van der Waals surface area contributed by atoms with Crippen LogP contribution >= 0.6 is 0 Å². The van der Waals surface area contributed by atoms with E-state index in [1.807, 2.05) is 0 Å². The lowest BCUT2D eigenvalue weighted by Gasteiger charge is -2.18. The minimum Gasteiger partial charge on any atom is -0.462 e. The van der Waals surface area contributed by atoms with E-state index >= 15 is 0 Å². The van der Waals surface area contributed by atoms with Crippen LogP contribution in [0.2, 0.25) is 0 Å². The van der Waals surface area contributed by atoms with E-state index in [2.05, 4.69) is 130 Å². The Morgan fingerprint density at radius 3 is 0.955 bits per heavy atom. The Labute approximate surface area is 412 Å². The molecule has 0 saturated carbocycles. The van der Waals surface area contributed by atoms with Crippen LogP contribution in [0.4, 0.5) is 0 Å². The molecule has 0 spiro atoms. The van der Waals surface area contributed by atoms with Crippen LogP contribution in [0.15, 0.2) is 109 Å². The number of hydrogen-bond acceptors (Lipinski definition) is 6. The van der Waals surface area contributed by atoms with Gasteiger partial charge in [0.1, 0.15) is 13.2 Å². The van der Waals surface area contributed by atoms with Gasteiger partial charge >= 0.3 is 17.9 Å². The summed E-state index contributed by atoms with van der Waals surface area (Å²) in [5.41, 5.74) is 0. The van der Waals surface area contributed by atoms with Crippen LogP contribution in [0.3, 0.4) is 0 Å². The molecule has 0 fully saturated rings. The second kappa shape index (κ2) is 54.7. The molecule has 380 valence electrons. The zero-order valence-corrected chi connectivity index (χ0v) is 43.4. The number of rotatable bonds is 48. The van der Waals surface area contributed by atoms with Gasteiger partial charge in [0.25, 0.3) is 0 Å². The van der Waals surface area contributed by atoms with Crippen molar-refractivity contribution in [3.05, 3.63) is 109 Å². The Hall–Kier alpha value is -3.93. The first-order valence-electron chi connectivity index (χ1n) is 27.4. The minimum atomic E-state index is -0.810. The lowest BCUT2D eigenvalue weighted by Crippen LogP contribution is -2.30. The van der Waals surface area contributed by atoms with Crippen molar-refractivity contribution in [2.75, 3.05) is 13.2 Å². The molecule has 0 heterocycles. The molecular formula is C61H100O6. The maximum absolute atomic E-state index is 12.8. The lowest BCUT2D eigenvalue weighted by molar-refractivity contribution is -0.167. The first-order valence-corrected chi connectivity index (χ1v) is 27.4. The summed E-state index contributed by atoms with van der Waals surface area (Å²) in [5.74, 6) is -0.977. The van der Waals surface area contributed by atoms with Gasteiger partial charge in [-0.25, -0.2) is 0 Å². The predicted octanol–water partition coefficient (Wildman–Crippen LogP) is 18.3. The Balaban J connectivity index is 4.51. The molecule has 0 aliphatic carbocycles. The summed E-state index contributed by atoms with van der Waals surface area (Å²) < 4.78 is 16.8. The van der Waals surface area contributed by atoms with Crippen molar-refractivity contribution in [2.45, 2.75) is 245 Å². The van der Waals surface area contributed by atoms with Crippen LogP contribution in [-0.4, -0.2) is 37.2 Å². The SMILES string of the molecule is CC/C=C\C/C=C\C/C=C\C/C=C\CCCCCCC(=O)OC[C@H](COC(=O)CCCC/C=C\C/C=C\C/C=C\C/C=C\CC)OC(=O)CCCCCCCCC/C=C\CCCCCCCC. The number of esters is 3. The summed E-state index contributed by atoms with van der Waals surface area (Å²) in [6.45, 7) is 6.34. The second-order valence-electron chi connectivity index (χ2n) is 17.7.